The number of H-pyrrole nitrogens is 1. The van der Waals surface area contributed by atoms with Gasteiger partial charge in [0.15, 0.2) is 5.82 Å². The van der Waals surface area contributed by atoms with Crippen LogP contribution in [0.1, 0.15) is 37.7 Å². The zero-order chi connectivity index (χ0) is 17.9. The second kappa shape index (κ2) is 7.82. The number of hydrogen-bond donors (Lipinski definition) is 1. The largest absolute Gasteiger partial charge is 0.342 e. The van der Waals surface area contributed by atoms with Crippen molar-refractivity contribution in [2.24, 2.45) is 11.8 Å². The summed E-state index contributed by atoms with van der Waals surface area (Å²) in [5, 5.41) is 7.87. The number of aromatic amines is 1. The summed E-state index contributed by atoms with van der Waals surface area (Å²) in [6.07, 6.45) is 6.54. The lowest BCUT2D eigenvalue weighted by Crippen LogP contribution is -2.45. The number of benzene rings is 1. The van der Waals surface area contributed by atoms with Crippen LogP contribution in [-0.2, 0) is 4.79 Å². The number of aryl methyl sites for hydroxylation is 1. The van der Waals surface area contributed by atoms with Gasteiger partial charge in [-0.15, -0.1) is 5.10 Å². The Morgan fingerprint density at radius 1 is 1.19 bits per heavy atom. The average Bonchev–Trinajstić information content (AvgIpc) is 3.15. The molecule has 0 unspecified atom stereocenters. The summed E-state index contributed by atoms with van der Waals surface area (Å²) in [7, 11) is 0. The number of amides is 1. The van der Waals surface area contributed by atoms with Crippen molar-refractivity contribution in [2.45, 2.75) is 44.2 Å². The molecule has 0 radical (unpaired) electrons. The van der Waals surface area contributed by atoms with Crippen LogP contribution in [0.15, 0.2) is 29.4 Å². The molecule has 1 saturated heterocycles. The number of carbonyl (C=O) groups excluding carboxylic acids is 1. The number of piperidine rings is 1. The number of hydrogen-bond acceptors (Lipinski definition) is 4. The molecule has 1 N–H and O–H groups in total. The summed E-state index contributed by atoms with van der Waals surface area (Å²) >= 11 is 1.43. The Balaban J connectivity index is 1.31. The van der Waals surface area contributed by atoms with Crippen molar-refractivity contribution in [3.05, 3.63) is 29.8 Å². The summed E-state index contributed by atoms with van der Waals surface area (Å²) < 4.78 is 0. The normalized spacial score (nSPS) is 22.9. The van der Waals surface area contributed by atoms with Crippen LogP contribution in [0, 0.1) is 18.8 Å². The highest BCUT2D eigenvalue weighted by molar-refractivity contribution is 7.99. The third kappa shape index (κ3) is 3.95. The summed E-state index contributed by atoms with van der Waals surface area (Å²) in [5.74, 6) is 2.97. The molecule has 2 heterocycles. The van der Waals surface area contributed by atoms with E-state index in [4.69, 9.17) is 0 Å². The molecule has 1 aromatic heterocycles. The predicted octanol–water partition coefficient (Wildman–Crippen LogP) is 3.91. The molecular formula is C20H26N4OS. The minimum absolute atomic E-state index is 0.223. The Labute approximate surface area is 159 Å². The predicted molar refractivity (Wildman–Crippen MR) is 104 cm³/mol. The highest BCUT2D eigenvalue weighted by Gasteiger charge is 2.32. The van der Waals surface area contributed by atoms with E-state index >= 15 is 0 Å². The zero-order valence-electron chi connectivity index (χ0n) is 15.3. The second-order valence-corrected chi connectivity index (χ2v) is 8.50. The van der Waals surface area contributed by atoms with Gasteiger partial charge in [0.25, 0.3) is 0 Å². The number of nitrogens with zero attached hydrogens (tertiary/aromatic N) is 3. The first-order chi connectivity index (χ1) is 12.7. The topological polar surface area (TPSA) is 61.9 Å². The van der Waals surface area contributed by atoms with E-state index in [0.29, 0.717) is 10.9 Å². The maximum atomic E-state index is 12.6. The molecule has 2 aliphatic rings. The third-order valence-corrected chi connectivity index (χ3v) is 6.59. The van der Waals surface area contributed by atoms with Crippen LogP contribution in [0.3, 0.4) is 0 Å². The lowest BCUT2D eigenvalue weighted by Gasteiger charge is -2.41. The van der Waals surface area contributed by atoms with Gasteiger partial charge < -0.3 is 4.90 Å². The standard InChI is InChI=1S/C20H26N4OS/c1-14-6-8-16(9-7-14)19-21-20(23-22-19)26-13-18(25)24-11-10-15-4-2-3-5-17(15)12-24/h6-9,15,17H,2-5,10-13H2,1H3,(H,21,22,23)/t15-,17+/m0/s1. The van der Waals surface area contributed by atoms with Crippen LogP contribution in [0.25, 0.3) is 11.4 Å². The minimum Gasteiger partial charge on any atom is -0.342 e. The van der Waals surface area contributed by atoms with Crippen molar-refractivity contribution in [2.75, 3.05) is 18.8 Å². The lowest BCUT2D eigenvalue weighted by molar-refractivity contribution is -0.131. The Bertz CT molecular complexity index is 757. The van der Waals surface area contributed by atoms with E-state index in [1.54, 1.807) is 0 Å². The Morgan fingerprint density at radius 3 is 2.77 bits per heavy atom. The number of likely N-dealkylation sites (tertiary alicyclic amines) is 1. The van der Waals surface area contributed by atoms with E-state index in [1.165, 1.54) is 49.4 Å². The van der Waals surface area contributed by atoms with E-state index in [9.17, 15) is 4.79 Å². The van der Waals surface area contributed by atoms with Crippen LogP contribution in [0.4, 0.5) is 0 Å². The van der Waals surface area contributed by atoms with Gasteiger partial charge in [-0.2, -0.15) is 0 Å². The zero-order valence-corrected chi connectivity index (χ0v) is 16.1. The molecule has 26 heavy (non-hydrogen) atoms. The molecule has 2 aromatic rings. The number of carbonyl (C=O) groups is 1. The van der Waals surface area contributed by atoms with Gasteiger partial charge in [0, 0.05) is 18.7 Å². The van der Waals surface area contributed by atoms with Crippen molar-refractivity contribution >= 4 is 17.7 Å². The van der Waals surface area contributed by atoms with E-state index in [1.807, 2.05) is 12.1 Å². The first-order valence-corrected chi connectivity index (χ1v) is 10.6. The van der Waals surface area contributed by atoms with Gasteiger partial charge in [-0.05, 0) is 31.6 Å². The number of nitrogens with one attached hydrogen (secondary N) is 1. The molecule has 0 bridgehead atoms. The molecule has 1 amide bonds. The van der Waals surface area contributed by atoms with Crippen LogP contribution in [0.5, 0.6) is 0 Å². The van der Waals surface area contributed by atoms with Gasteiger partial charge in [-0.1, -0.05) is 60.9 Å². The van der Waals surface area contributed by atoms with E-state index < -0.39 is 0 Å². The number of aromatic nitrogens is 3. The van der Waals surface area contributed by atoms with Gasteiger partial charge in [-0.25, -0.2) is 4.98 Å². The molecule has 138 valence electrons. The first kappa shape index (κ1) is 17.6. The van der Waals surface area contributed by atoms with E-state index in [2.05, 4.69) is 39.1 Å². The van der Waals surface area contributed by atoms with Crippen molar-refractivity contribution in [1.29, 1.82) is 0 Å². The second-order valence-electron chi connectivity index (χ2n) is 7.55. The first-order valence-electron chi connectivity index (χ1n) is 9.59. The van der Waals surface area contributed by atoms with Gasteiger partial charge in [-0.3, -0.25) is 9.89 Å². The van der Waals surface area contributed by atoms with Crippen molar-refractivity contribution in [3.8, 4) is 11.4 Å². The van der Waals surface area contributed by atoms with Crippen molar-refractivity contribution < 1.29 is 4.79 Å². The average molecular weight is 371 g/mol. The van der Waals surface area contributed by atoms with Gasteiger partial charge in [0.2, 0.25) is 11.1 Å². The van der Waals surface area contributed by atoms with Gasteiger partial charge in [0.1, 0.15) is 0 Å². The summed E-state index contributed by atoms with van der Waals surface area (Å²) in [6, 6.07) is 8.18. The van der Waals surface area contributed by atoms with Crippen LogP contribution >= 0.6 is 11.8 Å². The molecule has 2 atom stereocenters. The quantitative estimate of drug-likeness (QED) is 0.829. The molecule has 4 rings (SSSR count). The van der Waals surface area contributed by atoms with E-state index in [0.717, 1.165) is 36.3 Å². The van der Waals surface area contributed by atoms with Crippen LogP contribution < -0.4 is 0 Å². The van der Waals surface area contributed by atoms with Crippen LogP contribution in [-0.4, -0.2) is 44.8 Å². The molecule has 5 nitrogen and oxygen atoms in total. The maximum absolute atomic E-state index is 12.6. The molecule has 1 saturated carbocycles. The smallest absolute Gasteiger partial charge is 0.233 e. The highest BCUT2D eigenvalue weighted by atomic mass is 32.2. The molecule has 6 heteroatoms. The number of fused-ring (bicyclic) bond motifs is 1. The van der Waals surface area contributed by atoms with Crippen LogP contribution in [0.2, 0.25) is 0 Å². The molecule has 1 aliphatic carbocycles. The molecular weight excluding hydrogens is 344 g/mol. The molecule has 0 spiro atoms. The fourth-order valence-corrected chi connectivity index (χ4v) is 4.90. The van der Waals surface area contributed by atoms with Crippen molar-refractivity contribution in [3.63, 3.8) is 0 Å². The highest BCUT2D eigenvalue weighted by Crippen LogP contribution is 2.36. The third-order valence-electron chi connectivity index (χ3n) is 5.76. The fraction of sp³-hybridized carbons (Fsp3) is 0.550. The minimum atomic E-state index is 0.223. The Kier molecular flexibility index (Phi) is 5.29. The summed E-state index contributed by atoms with van der Waals surface area (Å²) in [4.78, 5) is 19.2. The van der Waals surface area contributed by atoms with E-state index in [-0.39, 0.29) is 5.91 Å². The fourth-order valence-electron chi connectivity index (χ4n) is 4.20. The molecule has 1 aromatic carbocycles. The molecule has 2 fully saturated rings. The molecule has 1 aliphatic heterocycles. The number of rotatable bonds is 4. The SMILES string of the molecule is Cc1ccc(-c2nc(SCC(=O)N3CC[C@@H]4CCCC[C@@H]4C3)n[nH]2)cc1. The lowest BCUT2D eigenvalue weighted by atomic mass is 9.75. The van der Waals surface area contributed by atoms with Gasteiger partial charge in [0.05, 0.1) is 5.75 Å². The maximum Gasteiger partial charge on any atom is 0.233 e. The van der Waals surface area contributed by atoms with Gasteiger partial charge >= 0.3 is 0 Å². The Morgan fingerprint density at radius 2 is 1.96 bits per heavy atom. The Hall–Kier alpha value is -1.82. The summed E-state index contributed by atoms with van der Waals surface area (Å²) in [5.41, 5.74) is 2.23. The summed E-state index contributed by atoms with van der Waals surface area (Å²) in [6.45, 7) is 3.93. The van der Waals surface area contributed by atoms with Crippen molar-refractivity contribution in [1.82, 2.24) is 20.1 Å². The monoisotopic (exact) mass is 370 g/mol. The number of thioether (sulfide) groups is 1.